The third-order valence-corrected chi connectivity index (χ3v) is 4.83. The minimum atomic E-state index is -3.61. The average Bonchev–Trinajstić information content (AvgIpc) is 2.38. The molecule has 21 heavy (non-hydrogen) atoms. The van der Waals surface area contributed by atoms with Crippen LogP contribution in [0.4, 0.5) is 0 Å². The highest BCUT2D eigenvalue weighted by Gasteiger charge is 2.23. The molecule has 2 rings (SSSR count). The molecule has 1 aromatic rings. The van der Waals surface area contributed by atoms with Crippen LogP contribution in [0.2, 0.25) is 0 Å². The van der Waals surface area contributed by atoms with Crippen molar-refractivity contribution in [1.82, 2.24) is 0 Å². The van der Waals surface area contributed by atoms with Crippen molar-refractivity contribution in [2.24, 2.45) is 0 Å². The molecule has 1 heterocycles. The van der Waals surface area contributed by atoms with Crippen LogP contribution in [0.5, 0.6) is 5.75 Å². The molecule has 118 valence electrons. The first kappa shape index (κ1) is 16.3. The van der Waals surface area contributed by atoms with E-state index in [4.69, 9.17) is 8.92 Å². The summed E-state index contributed by atoms with van der Waals surface area (Å²) in [7, 11) is -3.61. The first-order chi connectivity index (χ1) is 9.76. The second-order valence-electron chi connectivity index (χ2n) is 6.57. The van der Waals surface area contributed by atoms with Gasteiger partial charge in [0.25, 0.3) is 0 Å². The van der Waals surface area contributed by atoms with E-state index >= 15 is 0 Å². The van der Waals surface area contributed by atoms with Crippen LogP contribution in [0.15, 0.2) is 24.3 Å². The van der Waals surface area contributed by atoms with Crippen molar-refractivity contribution >= 4 is 10.1 Å². The van der Waals surface area contributed by atoms with Crippen LogP contribution in [-0.2, 0) is 20.3 Å². The minimum Gasteiger partial charge on any atom is -0.382 e. The maximum atomic E-state index is 12.0. The van der Waals surface area contributed by atoms with Crippen LogP contribution in [0, 0.1) is 0 Å². The SMILES string of the molecule is CC(C)(C)c1ccc(OS(=O)(=O)CC2CCCCO2)cc1. The van der Waals surface area contributed by atoms with Gasteiger partial charge in [0.15, 0.2) is 0 Å². The number of benzene rings is 1. The van der Waals surface area contributed by atoms with Crippen LogP contribution in [0.3, 0.4) is 0 Å². The number of rotatable bonds is 4. The van der Waals surface area contributed by atoms with Gasteiger partial charge in [-0.1, -0.05) is 32.9 Å². The zero-order chi connectivity index (χ0) is 15.5. The summed E-state index contributed by atoms with van der Waals surface area (Å²) in [6.07, 6.45) is 2.56. The van der Waals surface area contributed by atoms with Crippen molar-refractivity contribution in [3.63, 3.8) is 0 Å². The topological polar surface area (TPSA) is 52.6 Å². The predicted molar refractivity (Wildman–Crippen MR) is 83.1 cm³/mol. The van der Waals surface area contributed by atoms with Gasteiger partial charge in [0.1, 0.15) is 11.5 Å². The zero-order valence-electron chi connectivity index (χ0n) is 13.0. The summed E-state index contributed by atoms with van der Waals surface area (Å²) in [5, 5.41) is 0. The summed E-state index contributed by atoms with van der Waals surface area (Å²) in [5.41, 5.74) is 1.18. The van der Waals surface area contributed by atoms with E-state index in [2.05, 4.69) is 20.8 Å². The van der Waals surface area contributed by atoms with Crippen molar-refractivity contribution in [3.8, 4) is 5.75 Å². The predicted octanol–water partition coefficient (Wildman–Crippen LogP) is 3.26. The molecule has 1 aliphatic rings. The largest absolute Gasteiger partial charge is 0.382 e. The quantitative estimate of drug-likeness (QED) is 0.801. The second-order valence-corrected chi connectivity index (χ2v) is 8.19. The van der Waals surface area contributed by atoms with E-state index in [9.17, 15) is 8.42 Å². The van der Waals surface area contributed by atoms with Crippen molar-refractivity contribution in [2.75, 3.05) is 12.4 Å². The van der Waals surface area contributed by atoms with Gasteiger partial charge in [-0.25, -0.2) is 0 Å². The van der Waals surface area contributed by atoms with E-state index in [0.29, 0.717) is 12.4 Å². The van der Waals surface area contributed by atoms with Crippen molar-refractivity contribution < 1.29 is 17.3 Å². The maximum absolute atomic E-state index is 12.0. The van der Waals surface area contributed by atoms with Crippen molar-refractivity contribution in [3.05, 3.63) is 29.8 Å². The molecule has 1 fully saturated rings. The highest BCUT2D eigenvalue weighted by Crippen LogP contribution is 2.25. The van der Waals surface area contributed by atoms with Gasteiger partial charge in [-0.05, 0) is 42.4 Å². The van der Waals surface area contributed by atoms with Crippen LogP contribution >= 0.6 is 0 Å². The van der Waals surface area contributed by atoms with Gasteiger partial charge in [0.2, 0.25) is 0 Å². The van der Waals surface area contributed by atoms with E-state index in [0.717, 1.165) is 24.8 Å². The maximum Gasteiger partial charge on any atom is 0.311 e. The van der Waals surface area contributed by atoms with Crippen molar-refractivity contribution in [1.29, 1.82) is 0 Å². The van der Waals surface area contributed by atoms with Gasteiger partial charge < -0.3 is 8.92 Å². The molecule has 0 amide bonds. The Balaban J connectivity index is 1.99. The van der Waals surface area contributed by atoms with Crippen LogP contribution in [0.1, 0.15) is 45.6 Å². The lowest BCUT2D eigenvalue weighted by atomic mass is 9.87. The van der Waals surface area contributed by atoms with E-state index in [-0.39, 0.29) is 17.3 Å². The molecule has 0 spiro atoms. The molecular formula is C16H24O4S. The molecule has 1 saturated heterocycles. The van der Waals surface area contributed by atoms with Gasteiger partial charge in [-0.15, -0.1) is 0 Å². The minimum absolute atomic E-state index is 0.0351. The molecule has 5 heteroatoms. The van der Waals surface area contributed by atoms with Crippen molar-refractivity contribution in [2.45, 2.75) is 51.6 Å². The molecule has 0 saturated carbocycles. The first-order valence-corrected chi connectivity index (χ1v) is 8.98. The first-order valence-electron chi connectivity index (χ1n) is 7.41. The standard InChI is InChI=1S/C16H24O4S/c1-16(2,3)13-7-9-14(10-8-13)20-21(17,18)12-15-6-4-5-11-19-15/h7-10,15H,4-6,11-12H2,1-3H3. The lowest BCUT2D eigenvalue weighted by molar-refractivity contribution is 0.0298. The second kappa shape index (κ2) is 6.36. The molecule has 1 aliphatic heterocycles. The summed E-state index contributed by atoms with van der Waals surface area (Å²) in [5.74, 6) is 0.285. The molecule has 0 aliphatic carbocycles. The lowest BCUT2D eigenvalue weighted by Gasteiger charge is -2.22. The molecule has 0 bridgehead atoms. The fraction of sp³-hybridized carbons (Fsp3) is 0.625. The normalized spacial score (nSPS) is 20.2. The third-order valence-electron chi connectivity index (χ3n) is 3.61. The zero-order valence-corrected chi connectivity index (χ0v) is 13.8. The van der Waals surface area contributed by atoms with E-state index in [1.54, 1.807) is 12.1 Å². The molecule has 1 aromatic carbocycles. The monoisotopic (exact) mass is 312 g/mol. The van der Waals surface area contributed by atoms with Gasteiger partial charge in [0, 0.05) is 6.61 Å². The fourth-order valence-corrected chi connectivity index (χ4v) is 3.55. The summed E-state index contributed by atoms with van der Waals surface area (Å²) in [6, 6.07) is 7.23. The van der Waals surface area contributed by atoms with Gasteiger partial charge >= 0.3 is 10.1 Å². The number of hydrogen-bond donors (Lipinski definition) is 0. The van der Waals surface area contributed by atoms with E-state index < -0.39 is 10.1 Å². The summed E-state index contributed by atoms with van der Waals surface area (Å²) in [4.78, 5) is 0. The van der Waals surface area contributed by atoms with Gasteiger partial charge in [-0.2, -0.15) is 8.42 Å². The van der Waals surface area contributed by atoms with E-state index in [1.165, 1.54) is 0 Å². The highest BCUT2D eigenvalue weighted by molar-refractivity contribution is 7.87. The molecular weight excluding hydrogens is 288 g/mol. The number of ether oxygens (including phenoxy) is 1. The fourth-order valence-electron chi connectivity index (χ4n) is 2.36. The van der Waals surface area contributed by atoms with Gasteiger partial charge in [-0.3, -0.25) is 0 Å². The lowest BCUT2D eigenvalue weighted by Crippen LogP contribution is -2.29. The Labute approximate surface area is 127 Å². The molecule has 0 N–H and O–H groups in total. The Morgan fingerprint density at radius 3 is 2.38 bits per heavy atom. The molecule has 1 unspecified atom stereocenters. The summed E-state index contributed by atoms with van der Waals surface area (Å²) < 4.78 is 34.7. The summed E-state index contributed by atoms with van der Waals surface area (Å²) >= 11 is 0. The molecule has 0 radical (unpaired) electrons. The Hall–Kier alpha value is -1.07. The van der Waals surface area contributed by atoms with E-state index in [1.807, 2.05) is 12.1 Å². The van der Waals surface area contributed by atoms with Crippen LogP contribution in [0.25, 0.3) is 0 Å². The Morgan fingerprint density at radius 1 is 1.19 bits per heavy atom. The Bertz CT molecular complexity index is 549. The molecule has 1 atom stereocenters. The third kappa shape index (κ3) is 5.00. The van der Waals surface area contributed by atoms with Gasteiger partial charge in [0.05, 0.1) is 6.10 Å². The molecule has 4 nitrogen and oxygen atoms in total. The Morgan fingerprint density at radius 2 is 1.86 bits per heavy atom. The average molecular weight is 312 g/mol. The Kier molecular flexibility index (Phi) is 4.94. The van der Waals surface area contributed by atoms with Crippen LogP contribution in [-0.4, -0.2) is 26.9 Å². The highest BCUT2D eigenvalue weighted by atomic mass is 32.2. The molecule has 0 aromatic heterocycles. The smallest absolute Gasteiger partial charge is 0.311 e. The summed E-state index contributed by atoms with van der Waals surface area (Å²) in [6.45, 7) is 6.97. The van der Waals surface area contributed by atoms with Crippen LogP contribution < -0.4 is 4.18 Å². The number of hydrogen-bond acceptors (Lipinski definition) is 4.